The summed E-state index contributed by atoms with van der Waals surface area (Å²) in [4.78, 5) is 32.4. The van der Waals surface area contributed by atoms with Crippen molar-refractivity contribution in [2.45, 2.75) is 57.8 Å². The Balaban J connectivity index is 1.49. The van der Waals surface area contributed by atoms with Crippen molar-refractivity contribution in [3.8, 4) is 0 Å². The second-order valence-corrected chi connectivity index (χ2v) is 9.41. The lowest BCUT2D eigenvalue weighted by atomic mass is 9.97. The molecule has 1 aromatic carbocycles. The standard InChI is InChI=1S/C22H25N3O2S2/c1-3-25-21(27)19-16-6-4-5-7-17(16)29-20(19)24-22(25)28-13-18(26)23-12-15-10-8-14(2)9-11-15/h8-11H,3-7,12-13H2,1-2H3,(H,23,26). The summed E-state index contributed by atoms with van der Waals surface area (Å²) in [5.41, 5.74) is 3.52. The molecule has 1 aliphatic carbocycles. The summed E-state index contributed by atoms with van der Waals surface area (Å²) >= 11 is 2.99. The van der Waals surface area contributed by atoms with Crippen LogP contribution in [0.3, 0.4) is 0 Å². The number of aromatic nitrogens is 2. The highest BCUT2D eigenvalue weighted by Gasteiger charge is 2.22. The number of nitrogens with zero attached hydrogens (tertiary/aromatic N) is 2. The Hall–Kier alpha value is -2.12. The molecule has 0 saturated heterocycles. The average Bonchev–Trinajstić information content (AvgIpc) is 3.10. The zero-order valence-electron chi connectivity index (χ0n) is 16.8. The van der Waals surface area contributed by atoms with Crippen molar-refractivity contribution in [2.75, 3.05) is 5.75 Å². The number of hydrogen-bond donors (Lipinski definition) is 1. The van der Waals surface area contributed by atoms with E-state index in [1.54, 1.807) is 15.9 Å². The van der Waals surface area contributed by atoms with Gasteiger partial charge in [-0.15, -0.1) is 11.3 Å². The highest BCUT2D eigenvalue weighted by molar-refractivity contribution is 7.99. The molecule has 4 rings (SSSR count). The summed E-state index contributed by atoms with van der Waals surface area (Å²) < 4.78 is 1.71. The largest absolute Gasteiger partial charge is 0.351 e. The van der Waals surface area contributed by atoms with Crippen LogP contribution in [-0.4, -0.2) is 21.2 Å². The fourth-order valence-corrected chi connectivity index (χ4v) is 5.89. The number of carbonyl (C=O) groups excluding carboxylic acids is 1. The van der Waals surface area contributed by atoms with E-state index in [4.69, 9.17) is 4.98 Å². The Bertz CT molecular complexity index is 1100. The molecule has 0 atom stereocenters. The molecular formula is C22H25N3O2S2. The Kier molecular flexibility index (Phi) is 6.06. The van der Waals surface area contributed by atoms with Gasteiger partial charge >= 0.3 is 0 Å². The van der Waals surface area contributed by atoms with E-state index in [-0.39, 0.29) is 17.2 Å². The van der Waals surface area contributed by atoms with E-state index in [2.05, 4.69) is 5.32 Å². The van der Waals surface area contributed by atoms with Crippen molar-refractivity contribution >= 4 is 39.2 Å². The molecular weight excluding hydrogens is 402 g/mol. The summed E-state index contributed by atoms with van der Waals surface area (Å²) in [7, 11) is 0. The highest BCUT2D eigenvalue weighted by atomic mass is 32.2. The van der Waals surface area contributed by atoms with Gasteiger partial charge in [0.2, 0.25) is 5.91 Å². The minimum Gasteiger partial charge on any atom is -0.351 e. The van der Waals surface area contributed by atoms with E-state index in [1.807, 2.05) is 38.1 Å². The first kappa shape index (κ1) is 20.2. The Morgan fingerprint density at radius 2 is 2.00 bits per heavy atom. The third-order valence-corrected chi connectivity index (χ3v) is 7.46. The minimum absolute atomic E-state index is 0.0412. The van der Waals surface area contributed by atoms with Gasteiger partial charge in [-0.2, -0.15) is 0 Å². The van der Waals surface area contributed by atoms with Gasteiger partial charge in [-0.3, -0.25) is 14.2 Å². The molecule has 0 fully saturated rings. The number of benzene rings is 1. The summed E-state index contributed by atoms with van der Waals surface area (Å²) in [6, 6.07) is 8.11. The van der Waals surface area contributed by atoms with Gasteiger partial charge in [0.1, 0.15) is 4.83 Å². The molecule has 5 nitrogen and oxygen atoms in total. The van der Waals surface area contributed by atoms with Crippen LogP contribution in [-0.2, 0) is 30.7 Å². The molecule has 0 bridgehead atoms. The van der Waals surface area contributed by atoms with Gasteiger partial charge in [-0.25, -0.2) is 4.98 Å². The van der Waals surface area contributed by atoms with Gasteiger partial charge in [0.05, 0.1) is 11.1 Å². The Morgan fingerprint density at radius 1 is 1.24 bits per heavy atom. The van der Waals surface area contributed by atoms with Gasteiger partial charge in [0.15, 0.2) is 5.16 Å². The summed E-state index contributed by atoms with van der Waals surface area (Å²) in [5.74, 6) is 0.188. The first-order chi connectivity index (χ1) is 14.1. The van der Waals surface area contributed by atoms with E-state index in [1.165, 1.54) is 34.2 Å². The van der Waals surface area contributed by atoms with Crippen molar-refractivity contribution in [3.05, 3.63) is 56.2 Å². The lowest BCUT2D eigenvalue weighted by Crippen LogP contribution is -2.26. The smallest absolute Gasteiger partial charge is 0.263 e. The lowest BCUT2D eigenvalue weighted by molar-refractivity contribution is -0.118. The van der Waals surface area contributed by atoms with Crippen LogP contribution >= 0.6 is 23.1 Å². The predicted octanol–water partition coefficient (Wildman–Crippen LogP) is 4.07. The maximum Gasteiger partial charge on any atom is 0.263 e. The normalized spacial score (nSPS) is 13.4. The number of aryl methyl sites for hydroxylation is 3. The number of thiophene rings is 1. The van der Waals surface area contributed by atoms with E-state index >= 15 is 0 Å². The van der Waals surface area contributed by atoms with Crippen LogP contribution in [0.5, 0.6) is 0 Å². The molecule has 1 aliphatic rings. The SMILES string of the molecule is CCn1c(SCC(=O)NCc2ccc(C)cc2)nc2sc3c(c2c1=O)CCCC3. The summed E-state index contributed by atoms with van der Waals surface area (Å²) in [6.07, 6.45) is 4.35. The van der Waals surface area contributed by atoms with Crippen LogP contribution in [0.1, 0.15) is 41.3 Å². The van der Waals surface area contributed by atoms with Crippen LogP contribution in [0.15, 0.2) is 34.2 Å². The molecule has 2 heterocycles. The molecule has 0 spiro atoms. The first-order valence-corrected chi connectivity index (χ1v) is 11.9. The van der Waals surface area contributed by atoms with E-state index in [9.17, 15) is 9.59 Å². The van der Waals surface area contributed by atoms with Gasteiger partial charge in [-0.05, 0) is 50.7 Å². The van der Waals surface area contributed by atoms with Crippen LogP contribution < -0.4 is 10.9 Å². The Labute approximate surface area is 178 Å². The summed E-state index contributed by atoms with van der Waals surface area (Å²) in [5, 5.41) is 4.38. The molecule has 1 amide bonds. The van der Waals surface area contributed by atoms with Crippen molar-refractivity contribution in [2.24, 2.45) is 0 Å². The first-order valence-electron chi connectivity index (χ1n) is 10.1. The van der Waals surface area contributed by atoms with Gasteiger partial charge in [-0.1, -0.05) is 41.6 Å². The van der Waals surface area contributed by atoms with Crippen molar-refractivity contribution < 1.29 is 4.79 Å². The molecule has 0 aliphatic heterocycles. The zero-order chi connectivity index (χ0) is 20.4. The monoisotopic (exact) mass is 427 g/mol. The topological polar surface area (TPSA) is 64.0 Å². The average molecular weight is 428 g/mol. The number of nitrogens with one attached hydrogen (secondary N) is 1. The molecule has 0 saturated carbocycles. The number of thioether (sulfide) groups is 1. The highest BCUT2D eigenvalue weighted by Crippen LogP contribution is 2.34. The van der Waals surface area contributed by atoms with Crippen LogP contribution in [0, 0.1) is 6.92 Å². The molecule has 2 aromatic heterocycles. The quantitative estimate of drug-likeness (QED) is 0.476. The van der Waals surface area contributed by atoms with Gasteiger partial charge < -0.3 is 5.32 Å². The number of fused-ring (bicyclic) bond motifs is 3. The number of amides is 1. The third-order valence-electron chi connectivity index (χ3n) is 5.30. The van der Waals surface area contributed by atoms with E-state index in [0.29, 0.717) is 18.2 Å². The minimum atomic E-state index is -0.0574. The molecule has 3 aromatic rings. The predicted molar refractivity (Wildman–Crippen MR) is 120 cm³/mol. The molecule has 0 radical (unpaired) electrons. The molecule has 0 unspecified atom stereocenters. The van der Waals surface area contributed by atoms with Crippen molar-refractivity contribution in [1.29, 1.82) is 0 Å². The maximum atomic E-state index is 13.1. The number of rotatable bonds is 6. The summed E-state index contributed by atoms with van der Waals surface area (Å²) in [6.45, 7) is 5.05. The fraction of sp³-hybridized carbons (Fsp3) is 0.409. The lowest BCUT2D eigenvalue weighted by Gasteiger charge is -2.12. The van der Waals surface area contributed by atoms with Crippen molar-refractivity contribution in [3.63, 3.8) is 0 Å². The van der Waals surface area contributed by atoms with Crippen LogP contribution in [0.2, 0.25) is 0 Å². The second-order valence-electron chi connectivity index (χ2n) is 7.39. The van der Waals surface area contributed by atoms with Crippen molar-refractivity contribution in [1.82, 2.24) is 14.9 Å². The molecule has 152 valence electrons. The Morgan fingerprint density at radius 3 is 2.76 bits per heavy atom. The van der Waals surface area contributed by atoms with Gasteiger partial charge in [0.25, 0.3) is 5.56 Å². The van der Waals surface area contributed by atoms with E-state index < -0.39 is 0 Å². The van der Waals surface area contributed by atoms with E-state index in [0.717, 1.165) is 35.0 Å². The molecule has 1 N–H and O–H groups in total. The molecule has 29 heavy (non-hydrogen) atoms. The number of hydrogen-bond acceptors (Lipinski definition) is 5. The fourth-order valence-electron chi connectivity index (χ4n) is 3.70. The van der Waals surface area contributed by atoms with Crippen LogP contribution in [0.25, 0.3) is 10.2 Å². The second kappa shape index (κ2) is 8.71. The zero-order valence-corrected chi connectivity index (χ0v) is 18.4. The molecule has 7 heteroatoms. The van der Waals surface area contributed by atoms with Gasteiger partial charge in [0, 0.05) is 18.0 Å². The van der Waals surface area contributed by atoms with Crippen LogP contribution in [0.4, 0.5) is 0 Å². The number of carbonyl (C=O) groups is 1. The third kappa shape index (κ3) is 4.26. The maximum absolute atomic E-state index is 13.1.